The lowest BCUT2D eigenvalue weighted by Gasteiger charge is -2.01. The summed E-state index contributed by atoms with van der Waals surface area (Å²) in [5.74, 6) is 1.11. The van der Waals surface area contributed by atoms with Gasteiger partial charge >= 0.3 is 0 Å². The maximum absolute atomic E-state index is 5.75. The molecule has 0 saturated carbocycles. The molecule has 4 rings (SSSR count). The first-order chi connectivity index (χ1) is 11.3. The Hall–Kier alpha value is -2.68. The Bertz CT molecular complexity index is 883. The highest BCUT2D eigenvalue weighted by molar-refractivity contribution is 7.99. The van der Waals surface area contributed by atoms with Crippen LogP contribution in [0.5, 0.6) is 0 Å². The normalized spacial score (nSPS) is 12.7. The smallest absolute Gasteiger partial charge is 0.277 e. The van der Waals surface area contributed by atoms with Crippen LogP contribution in [0.3, 0.4) is 0 Å². The van der Waals surface area contributed by atoms with Crippen LogP contribution in [0, 0.1) is 0 Å². The topological polar surface area (TPSA) is 95.7 Å². The zero-order valence-electron chi connectivity index (χ0n) is 12.2. The summed E-state index contributed by atoms with van der Waals surface area (Å²) < 4.78 is 13.0. The number of thioether (sulfide) groups is 1. The first-order valence-electron chi connectivity index (χ1n) is 6.95. The first kappa shape index (κ1) is 13.9. The van der Waals surface area contributed by atoms with Crippen molar-refractivity contribution >= 4 is 22.9 Å². The molecule has 3 aromatic heterocycles. The van der Waals surface area contributed by atoms with E-state index in [9.17, 15) is 0 Å². The number of hydrogen-bond donors (Lipinski definition) is 0. The molecule has 8 nitrogen and oxygen atoms in total. The van der Waals surface area contributed by atoms with E-state index in [0.717, 1.165) is 11.1 Å². The van der Waals surface area contributed by atoms with Crippen molar-refractivity contribution in [2.75, 3.05) is 0 Å². The van der Waals surface area contributed by atoms with Crippen molar-refractivity contribution in [2.24, 2.45) is 0 Å². The molecule has 23 heavy (non-hydrogen) atoms. The Kier molecular flexibility index (Phi) is 3.54. The van der Waals surface area contributed by atoms with E-state index in [2.05, 4.69) is 25.3 Å². The van der Waals surface area contributed by atoms with Gasteiger partial charge in [0.2, 0.25) is 11.8 Å². The fourth-order valence-corrected chi connectivity index (χ4v) is 2.80. The number of para-hydroxylation sites is 2. The average Bonchev–Trinajstić information content (AvgIpc) is 3.28. The van der Waals surface area contributed by atoms with E-state index in [1.165, 1.54) is 18.1 Å². The second-order valence-corrected chi connectivity index (χ2v) is 6.13. The molecular weight excluding hydrogens is 316 g/mol. The maximum Gasteiger partial charge on any atom is 0.277 e. The average molecular weight is 328 g/mol. The summed E-state index contributed by atoms with van der Waals surface area (Å²) in [7, 11) is 0. The summed E-state index contributed by atoms with van der Waals surface area (Å²) in [5.41, 5.74) is 1.61. The standard InChI is InChI=1S/C14H12N6O2S/c1-9(13-17-10-4-2-3-5-11(10)21-13)23-14-19-18-12(22-14)6-20-8-15-7-16-20/h2-5,7-9H,6H2,1H3/t9-/m1/s1. The SMILES string of the molecule is C[C@@H](Sc1nnc(Cn2cncn2)o1)c1nc2ccccc2o1. The summed E-state index contributed by atoms with van der Waals surface area (Å²) in [6.45, 7) is 2.38. The van der Waals surface area contributed by atoms with Gasteiger partial charge in [0, 0.05) is 0 Å². The highest BCUT2D eigenvalue weighted by Crippen LogP contribution is 2.34. The molecule has 9 heteroatoms. The summed E-state index contributed by atoms with van der Waals surface area (Å²) in [6.07, 6.45) is 3.05. The number of fused-ring (bicyclic) bond motifs is 1. The third kappa shape index (κ3) is 2.95. The lowest BCUT2D eigenvalue weighted by Crippen LogP contribution is -1.99. The number of oxazole rings is 1. The molecule has 0 aliphatic carbocycles. The highest BCUT2D eigenvalue weighted by Gasteiger charge is 2.18. The summed E-state index contributed by atoms with van der Waals surface area (Å²) in [6, 6.07) is 7.67. The van der Waals surface area contributed by atoms with Gasteiger partial charge in [-0.05, 0) is 19.1 Å². The second-order valence-electron chi connectivity index (χ2n) is 4.83. The van der Waals surface area contributed by atoms with Crippen molar-refractivity contribution in [3.63, 3.8) is 0 Å². The molecule has 116 valence electrons. The third-order valence-electron chi connectivity index (χ3n) is 3.15. The molecule has 4 aromatic rings. The maximum atomic E-state index is 5.75. The number of benzene rings is 1. The predicted octanol–water partition coefficient (Wildman–Crippen LogP) is 2.70. The number of rotatable bonds is 5. The number of aromatic nitrogens is 6. The summed E-state index contributed by atoms with van der Waals surface area (Å²) in [5, 5.41) is 12.5. The van der Waals surface area contributed by atoms with Gasteiger partial charge in [-0.1, -0.05) is 23.9 Å². The van der Waals surface area contributed by atoms with Gasteiger partial charge in [0.1, 0.15) is 24.7 Å². The van der Waals surface area contributed by atoms with Crippen LogP contribution in [0.15, 0.2) is 51.0 Å². The van der Waals surface area contributed by atoms with Crippen LogP contribution in [-0.4, -0.2) is 29.9 Å². The molecular formula is C14H12N6O2S. The quantitative estimate of drug-likeness (QED) is 0.516. The van der Waals surface area contributed by atoms with Crippen molar-refractivity contribution in [3.05, 3.63) is 48.7 Å². The van der Waals surface area contributed by atoms with Gasteiger partial charge in [0.25, 0.3) is 5.22 Å². The van der Waals surface area contributed by atoms with Crippen LogP contribution >= 0.6 is 11.8 Å². The van der Waals surface area contributed by atoms with E-state index < -0.39 is 0 Å². The van der Waals surface area contributed by atoms with Crippen molar-refractivity contribution in [2.45, 2.75) is 23.9 Å². The zero-order valence-corrected chi connectivity index (χ0v) is 13.0. The molecule has 1 aromatic carbocycles. The van der Waals surface area contributed by atoms with Crippen LogP contribution < -0.4 is 0 Å². The van der Waals surface area contributed by atoms with Crippen molar-refractivity contribution in [1.82, 2.24) is 29.9 Å². The summed E-state index contributed by atoms with van der Waals surface area (Å²) >= 11 is 1.40. The minimum Gasteiger partial charge on any atom is -0.439 e. The van der Waals surface area contributed by atoms with Crippen molar-refractivity contribution < 1.29 is 8.83 Å². The largest absolute Gasteiger partial charge is 0.439 e. The van der Waals surface area contributed by atoms with Crippen molar-refractivity contribution in [1.29, 1.82) is 0 Å². The third-order valence-corrected chi connectivity index (χ3v) is 4.07. The van der Waals surface area contributed by atoms with Gasteiger partial charge in [0.15, 0.2) is 5.58 Å². The van der Waals surface area contributed by atoms with E-state index in [4.69, 9.17) is 8.83 Å². The molecule has 3 heterocycles. The summed E-state index contributed by atoms with van der Waals surface area (Å²) in [4.78, 5) is 8.35. The molecule has 0 amide bonds. The molecule has 0 fully saturated rings. The van der Waals surface area contributed by atoms with Gasteiger partial charge in [-0.15, -0.1) is 10.2 Å². The van der Waals surface area contributed by atoms with Crippen LogP contribution in [0.25, 0.3) is 11.1 Å². The fourth-order valence-electron chi connectivity index (χ4n) is 2.07. The first-order valence-corrected chi connectivity index (χ1v) is 7.83. The van der Waals surface area contributed by atoms with Crippen LogP contribution in [0.1, 0.15) is 24.0 Å². The van der Waals surface area contributed by atoms with Gasteiger partial charge < -0.3 is 8.83 Å². The Morgan fingerprint density at radius 1 is 1.22 bits per heavy atom. The Morgan fingerprint density at radius 3 is 2.96 bits per heavy atom. The van der Waals surface area contributed by atoms with Gasteiger partial charge in [-0.3, -0.25) is 0 Å². The molecule has 0 aliphatic rings. The number of nitrogens with zero attached hydrogens (tertiary/aromatic N) is 6. The predicted molar refractivity (Wildman–Crippen MR) is 81.7 cm³/mol. The molecule has 0 bridgehead atoms. The molecule has 0 spiro atoms. The van der Waals surface area contributed by atoms with Crippen LogP contribution in [0.4, 0.5) is 0 Å². The Labute approximate surface area is 134 Å². The lowest BCUT2D eigenvalue weighted by molar-refractivity contribution is 0.396. The minimum absolute atomic E-state index is 0.0397. The van der Waals surface area contributed by atoms with Crippen molar-refractivity contribution in [3.8, 4) is 0 Å². The number of hydrogen-bond acceptors (Lipinski definition) is 8. The highest BCUT2D eigenvalue weighted by atomic mass is 32.2. The Morgan fingerprint density at radius 2 is 2.13 bits per heavy atom. The second kappa shape index (κ2) is 5.84. The van der Waals surface area contributed by atoms with Crippen LogP contribution in [0.2, 0.25) is 0 Å². The van der Waals surface area contributed by atoms with Gasteiger partial charge in [0.05, 0.1) is 5.25 Å². The fraction of sp³-hybridized carbons (Fsp3) is 0.214. The molecule has 0 N–H and O–H groups in total. The van der Waals surface area contributed by atoms with E-state index >= 15 is 0 Å². The monoisotopic (exact) mass is 328 g/mol. The molecule has 1 atom stereocenters. The minimum atomic E-state index is -0.0397. The van der Waals surface area contributed by atoms with E-state index in [1.54, 1.807) is 11.0 Å². The van der Waals surface area contributed by atoms with Gasteiger partial charge in [-0.2, -0.15) is 5.10 Å². The van der Waals surface area contributed by atoms with E-state index in [1.807, 2.05) is 31.2 Å². The molecule has 0 radical (unpaired) electrons. The van der Waals surface area contributed by atoms with E-state index in [-0.39, 0.29) is 5.25 Å². The lowest BCUT2D eigenvalue weighted by atomic mass is 10.3. The Balaban J connectivity index is 1.48. The molecule has 0 unspecified atom stereocenters. The van der Waals surface area contributed by atoms with Crippen LogP contribution in [-0.2, 0) is 6.54 Å². The van der Waals surface area contributed by atoms with Gasteiger partial charge in [-0.25, -0.2) is 14.6 Å². The zero-order chi connectivity index (χ0) is 15.6. The molecule has 0 aliphatic heterocycles. The molecule has 0 saturated heterocycles. The van der Waals surface area contributed by atoms with E-state index in [0.29, 0.717) is 23.5 Å².